The predicted octanol–water partition coefficient (Wildman–Crippen LogP) is 18.2. The number of furan rings is 2. The molecule has 13 aromatic rings. The average Bonchev–Trinajstić information content (AvgIpc) is 4.01. The fourth-order valence-corrected chi connectivity index (χ4v) is 11.5. The molecule has 0 N–H and O–H groups in total. The van der Waals surface area contributed by atoms with E-state index < -0.39 is 0 Å². The summed E-state index contributed by atoms with van der Waals surface area (Å²) in [5.74, 6) is 0. The summed E-state index contributed by atoms with van der Waals surface area (Å²) in [4.78, 5) is 4.69. The molecule has 2 heterocycles. The molecular formula is C63H42N2O2. The number of benzene rings is 11. The molecule has 0 bridgehead atoms. The highest BCUT2D eigenvalue weighted by molar-refractivity contribution is 6.20. The highest BCUT2D eigenvalue weighted by Gasteiger charge is 2.40. The first-order valence-electron chi connectivity index (χ1n) is 23.1. The monoisotopic (exact) mass is 858 g/mol. The molecule has 0 spiro atoms. The van der Waals surface area contributed by atoms with Gasteiger partial charge >= 0.3 is 0 Å². The predicted molar refractivity (Wildman–Crippen MR) is 280 cm³/mol. The van der Waals surface area contributed by atoms with Gasteiger partial charge in [-0.15, -0.1) is 0 Å². The van der Waals surface area contributed by atoms with Crippen molar-refractivity contribution in [3.63, 3.8) is 0 Å². The molecule has 0 amide bonds. The second-order valence-electron chi connectivity index (χ2n) is 18.4. The van der Waals surface area contributed by atoms with Crippen molar-refractivity contribution in [2.24, 2.45) is 0 Å². The van der Waals surface area contributed by atoms with Gasteiger partial charge in [0.1, 0.15) is 22.3 Å². The van der Waals surface area contributed by atoms with Crippen LogP contribution in [0.2, 0.25) is 0 Å². The summed E-state index contributed by atoms with van der Waals surface area (Å²) in [6.07, 6.45) is 0. The van der Waals surface area contributed by atoms with E-state index in [1.807, 2.05) is 24.3 Å². The van der Waals surface area contributed by atoms with Crippen LogP contribution in [0.3, 0.4) is 0 Å². The zero-order valence-corrected chi connectivity index (χ0v) is 37.0. The molecule has 0 aliphatic heterocycles. The molecule has 67 heavy (non-hydrogen) atoms. The van der Waals surface area contributed by atoms with Gasteiger partial charge in [-0.25, -0.2) is 0 Å². The molecule has 0 unspecified atom stereocenters. The molecule has 0 fully saturated rings. The van der Waals surface area contributed by atoms with E-state index >= 15 is 0 Å². The smallest absolute Gasteiger partial charge is 0.137 e. The summed E-state index contributed by atoms with van der Waals surface area (Å²) in [6.45, 7) is 4.84. The minimum Gasteiger partial charge on any atom is -0.456 e. The van der Waals surface area contributed by atoms with Crippen molar-refractivity contribution in [2.45, 2.75) is 19.3 Å². The third-order valence-corrected chi connectivity index (χ3v) is 14.3. The summed E-state index contributed by atoms with van der Waals surface area (Å²) in [7, 11) is 0. The number of anilines is 6. The highest BCUT2D eigenvalue weighted by atomic mass is 16.3. The summed E-state index contributed by atoms with van der Waals surface area (Å²) in [5.41, 5.74) is 15.1. The van der Waals surface area contributed by atoms with E-state index in [4.69, 9.17) is 8.83 Å². The molecule has 2 aromatic heterocycles. The molecule has 1 aliphatic carbocycles. The molecule has 14 rings (SSSR count). The Kier molecular flexibility index (Phi) is 8.00. The van der Waals surface area contributed by atoms with Crippen molar-refractivity contribution in [2.75, 3.05) is 9.80 Å². The number of hydrogen-bond donors (Lipinski definition) is 0. The topological polar surface area (TPSA) is 32.8 Å². The van der Waals surface area contributed by atoms with Gasteiger partial charge in [0.25, 0.3) is 0 Å². The zero-order valence-electron chi connectivity index (χ0n) is 37.0. The van der Waals surface area contributed by atoms with Crippen molar-refractivity contribution in [3.8, 4) is 11.1 Å². The maximum Gasteiger partial charge on any atom is 0.137 e. The third-order valence-electron chi connectivity index (χ3n) is 14.3. The fourth-order valence-electron chi connectivity index (χ4n) is 11.5. The first-order valence-corrected chi connectivity index (χ1v) is 23.1. The van der Waals surface area contributed by atoms with Gasteiger partial charge in [-0.05, 0) is 140 Å². The maximum atomic E-state index is 6.43. The number of hydrogen-bond acceptors (Lipinski definition) is 4. The van der Waals surface area contributed by atoms with Crippen LogP contribution in [0.5, 0.6) is 0 Å². The van der Waals surface area contributed by atoms with Gasteiger partial charge in [-0.1, -0.05) is 135 Å². The van der Waals surface area contributed by atoms with Crippen molar-refractivity contribution in [1.29, 1.82) is 0 Å². The van der Waals surface area contributed by atoms with Gasteiger partial charge in [0.05, 0.1) is 0 Å². The Morgan fingerprint density at radius 2 is 0.746 bits per heavy atom. The van der Waals surface area contributed by atoms with E-state index in [-0.39, 0.29) is 5.41 Å². The van der Waals surface area contributed by atoms with E-state index in [0.717, 1.165) is 78.0 Å². The molecule has 316 valence electrons. The van der Waals surface area contributed by atoms with Crippen LogP contribution in [-0.4, -0.2) is 0 Å². The SMILES string of the molecule is CC1(C)c2c(ccc3cc(N(c4ccccc4)c4ccc5c(c4)oc4ccccc45)ccc23)-c2c1c1ccc(N(c3ccccc3)c3ccc4c(c3)oc3ccccc34)cc1c1ccccc21. The molecule has 0 radical (unpaired) electrons. The summed E-state index contributed by atoms with van der Waals surface area (Å²) >= 11 is 0. The Bertz CT molecular complexity index is 4140. The number of fused-ring (bicyclic) bond motifs is 16. The van der Waals surface area contributed by atoms with Gasteiger partial charge in [0.2, 0.25) is 0 Å². The Balaban J connectivity index is 0.923. The van der Waals surface area contributed by atoms with Gasteiger partial charge in [-0.2, -0.15) is 0 Å². The van der Waals surface area contributed by atoms with E-state index in [2.05, 4.69) is 218 Å². The molecule has 11 aromatic carbocycles. The van der Waals surface area contributed by atoms with Crippen LogP contribution >= 0.6 is 0 Å². The lowest BCUT2D eigenvalue weighted by Gasteiger charge is -2.28. The second kappa shape index (κ2) is 14.2. The quantitative estimate of drug-likeness (QED) is 0.156. The largest absolute Gasteiger partial charge is 0.456 e. The summed E-state index contributed by atoms with van der Waals surface area (Å²) < 4.78 is 12.8. The van der Waals surface area contributed by atoms with Crippen molar-refractivity contribution in [1.82, 2.24) is 0 Å². The Morgan fingerprint density at radius 1 is 0.299 bits per heavy atom. The number of para-hydroxylation sites is 4. The first-order chi connectivity index (χ1) is 33.0. The lowest BCUT2D eigenvalue weighted by molar-refractivity contribution is 0.668. The fraction of sp³-hybridized carbons (Fsp3) is 0.0476. The Hall–Kier alpha value is -8.60. The number of nitrogens with zero attached hydrogens (tertiary/aromatic N) is 2. The Morgan fingerprint density at radius 3 is 1.33 bits per heavy atom. The van der Waals surface area contributed by atoms with Crippen LogP contribution in [0.4, 0.5) is 34.1 Å². The lowest BCUT2D eigenvalue weighted by Crippen LogP contribution is -2.16. The molecule has 0 atom stereocenters. The van der Waals surface area contributed by atoms with Crippen molar-refractivity contribution in [3.05, 3.63) is 230 Å². The molecular weight excluding hydrogens is 817 g/mol. The van der Waals surface area contributed by atoms with Gasteiger partial charge < -0.3 is 18.6 Å². The van der Waals surface area contributed by atoms with Crippen LogP contribution < -0.4 is 9.80 Å². The van der Waals surface area contributed by atoms with E-state index in [0.29, 0.717) is 0 Å². The molecule has 0 saturated carbocycles. The molecule has 4 heteroatoms. The average molecular weight is 859 g/mol. The normalized spacial score (nSPS) is 13.0. The third kappa shape index (κ3) is 5.60. The number of rotatable bonds is 6. The van der Waals surface area contributed by atoms with Gasteiger partial charge in [-0.3, -0.25) is 0 Å². The highest BCUT2D eigenvalue weighted by Crippen LogP contribution is 2.57. The zero-order chi connectivity index (χ0) is 44.4. The van der Waals surface area contributed by atoms with Gasteiger partial charge in [0, 0.05) is 73.2 Å². The van der Waals surface area contributed by atoms with Crippen LogP contribution in [0.25, 0.3) is 87.3 Å². The van der Waals surface area contributed by atoms with Crippen LogP contribution in [0.15, 0.2) is 227 Å². The van der Waals surface area contributed by atoms with Gasteiger partial charge in [0.15, 0.2) is 0 Å². The first kappa shape index (κ1) is 37.7. The van der Waals surface area contributed by atoms with Crippen LogP contribution in [0, 0.1) is 0 Å². The minimum atomic E-state index is -0.299. The summed E-state index contributed by atoms with van der Waals surface area (Å²) in [5, 5.41) is 12.0. The second-order valence-corrected chi connectivity index (χ2v) is 18.4. The van der Waals surface area contributed by atoms with E-state index in [1.165, 1.54) is 54.6 Å². The molecule has 1 aliphatic rings. The van der Waals surface area contributed by atoms with Crippen LogP contribution in [-0.2, 0) is 5.41 Å². The minimum absolute atomic E-state index is 0.299. The lowest BCUT2D eigenvalue weighted by atomic mass is 9.77. The molecule has 4 nitrogen and oxygen atoms in total. The van der Waals surface area contributed by atoms with Crippen molar-refractivity contribution < 1.29 is 8.83 Å². The van der Waals surface area contributed by atoms with Crippen LogP contribution in [0.1, 0.15) is 25.0 Å². The summed E-state index contributed by atoms with van der Waals surface area (Å²) in [6, 6.07) is 78.8. The molecule has 0 saturated heterocycles. The van der Waals surface area contributed by atoms with E-state index in [9.17, 15) is 0 Å². The van der Waals surface area contributed by atoms with Crippen molar-refractivity contribution >= 4 is 110 Å². The standard InChI is InChI=1S/C63H42N2O2/c1-63(2)61-46-31-26-42(64(40-15-5-3-6-16-40)44-27-32-50-48-20-11-13-23-56(48)66-58(50)37-44)35-39(46)25-30-54(61)60-52-22-10-9-19-47(52)55-36-43(29-34-53(55)62(60)63)65(41-17-7-4-8-18-41)45-28-33-51-49-21-12-14-24-57(49)67-59(51)38-45/h3-38H,1-2H3. The van der Waals surface area contributed by atoms with E-state index in [1.54, 1.807) is 0 Å². The maximum absolute atomic E-state index is 6.43. The Labute approximate surface area is 387 Å².